The molecule has 3 N–H and O–H groups in total. The van der Waals surface area contributed by atoms with Crippen LogP contribution in [0.15, 0.2) is 18.2 Å². The number of anilines is 1. The summed E-state index contributed by atoms with van der Waals surface area (Å²) in [6, 6.07) is 3.85. The van der Waals surface area contributed by atoms with Crippen LogP contribution in [0.25, 0.3) is 0 Å². The summed E-state index contributed by atoms with van der Waals surface area (Å²) in [4.78, 5) is 22.8. The highest BCUT2D eigenvalue weighted by molar-refractivity contribution is 6.33. The van der Waals surface area contributed by atoms with E-state index in [9.17, 15) is 9.59 Å². The van der Waals surface area contributed by atoms with Gasteiger partial charge in [-0.05, 0) is 37.0 Å². The Balaban J connectivity index is 1.89. The van der Waals surface area contributed by atoms with Crippen LogP contribution in [0.1, 0.15) is 42.5 Å². The van der Waals surface area contributed by atoms with Gasteiger partial charge in [0, 0.05) is 6.54 Å². The maximum Gasteiger partial charge on any atom is 0.335 e. The second kappa shape index (κ2) is 7.31. The van der Waals surface area contributed by atoms with Gasteiger partial charge in [0.15, 0.2) is 0 Å². The second-order valence-electron chi connectivity index (χ2n) is 5.34. The molecular formula is C15H19ClN2O3. The van der Waals surface area contributed by atoms with Crippen molar-refractivity contribution in [3.8, 4) is 0 Å². The third-order valence-electron chi connectivity index (χ3n) is 3.74. The highest BCUT2D eigenvalue weighted by Crippen LogP contribution is 2.24. The minimum Gasteiger partial charge on any atom is -0.478 e. The number of nitrogens with one attached hydrogen (secondary N) is 2. The SMILES string of the molecule is O=C(NCC1CCCCC1)Nc1cc(C(=O)O)ccc1Cl. The maximum atomic E-state index is 11.9. The number of carboxylic acid groups (broad SMARTS) is 1. The highest BCUT2D eigenvalue weighted by Gasteiger charge is 2.15. The number of rotatable bonds is 4. The van der Waals surface area contributed by atoms with Crippen LogP contribution in [-0.4, -0.2) is 23.7 Å². The summed E-state index contributed by atoms with van der Waals surface area (Å²) in [5.41, 5.74) is 0.389. The van der Waals surface area contributed by atoms with Crippen molar-refractivity contribution in [3.63, 3.8) is 0 Å². The molecule has 1 saturated carbocycles. The molecule has 0 bridgehead atoms. The Bertz CT molecular complexity index is 528. The van der Waals surface area contributed by atoms with Crippen molar-refractivity contribution in [1.29, 1.82) is 0 Å². The molecule has 1 aromatic carbocycles. The van der Waals surface area contributed by atoms with Crippen LogP contribution < -0.4 is 10.6 Å². The zero-order chi connectivity index (χ0) is 15.2. The lowest BCUT2D eigenvalue weighted by Gasteiger charge is -2.21. The molecule has 5 nitrogen and oxygen atoms in total. The summed E-state index contributed by atoms with van der Waals surface area (Å²) >= 11 is 5.96. The predicted octanol–water partition coefficient (Wildman–Crippen LogP) is 3.74. The van der Waals surface area contributed by atoms with Crippen molar-refractivity contribution in [2.45, 2.75) is 32.1 Å². The highest BCUT2D eigenvalue weighted by atomic mass is 35.5. The zero-order valence-corrected chi connectivity index (χ0v) is 12.4. The maximum absolute atomic E-state index is 11.9. The number of amides is 2. The Morgan fingerprint density at radius 2 is 1.95 bits per heavy atom. The number of halogens is 1. The molecule has 0 saturated heterocycles. The first-order valence-electron chi connectivity index (χ1n) is 7.14. The minimum absolute atomic E-state index is 0.0852. The van der Waals surface area contributed by atoms with Crippen LogP contribution in [-0.2, 0) is 0 Å². The lowest BCUT2D eigenvalue weighted by Crippen LogP contribution is -2.33. The van der Waals surface area contributed by atoms with Crippen LogP contribution in [0, 0.1) is 5.92 Å². The summed E-state index contributed by atoms with van der Waals surface area (Å²) in [7, 11) is 0. The van der Waals surface area contributed by atoms with Gasteiger partial charge in [-0.1, -0.05) is 30.9 Å². The van der Waals surface area contributed by atoms with Gasteiger partial charge < -0.3 is 15.7 Å². The first kappa shape index (κ1) is 15.6. The number of carbonyl (C=O) groups is 2. The Labute approximate surface area is 128 Å². The Morgan fingerprint density at radius 3 is 2.62 bits per heavy atom. The molecule has 0 radical (unpaired) electrons. The molecule has 6 heteroatoms. The van der Waals surface area contributed by atoms with E-state index in [-0.39, 0.29) is 11.6 Å². The number of benzene rings is 1. The molecule has 2 rings (SSSR count). The number of hydrogen-bond donors (Lipinski definition) is 3. The third kappa shape index (κ3) is 4.63. The topological polar surface area (TPSA) is 78.4 Å². The Kier molecular flexibility index (Phi) is 5.44. The number of aromatic carboxylic acids is 1. The monoisotopic (exact) mass is 310 g/mol. The number of urea groups is 1. The number of carboxylic acids is 1. The van der Waals surface area contributed by atoms with Gasteiger partial charge in [0.1, 0.15) is 0 Å². The van der Waals surface area contributed by atoms with E-state index >= 15 is 0 Å². The van der Waals surface area contributed by atoms with Crippen LogP contribution in [0.2, 0.25) is 5.02 Å². The molecule has 0 atom stereocenters. The average Bonchev–Trinajstić information content (AvgIpc) is 2.48. The van der Waals surface area contributed by atoms with Gasteiger partial charge in [0.2, 0.25) is 0 Å². The van der Waals surface area contributed by atoms with Crippen molar-refractivity contribution in [2.24, 2.45) is 5.92 Å². The van der Waals surface area contributed by atoms with E-state index in [1.165, 1.54) is 37.5 Å². The van der Waals surface area contributed by atoms with E-state index in [2.05, 4.69) is 10.6 Å². The lowest BCUT2D eigenvalue weighted by atomic mass is 9.89. The van der Waals surface area contributed by atoms with Crippen LogP contribution in [0.5, 0.6) is 0 Å². The quantitative estimate of drug-likeness (QED) is 0.792. The Morgan fingerprint density at radius 1 is 1.24 bits per heavy atom. The molecule has 0 aliphatic heterocycles. The van der Waals surface area contributed by atoms with Gasteiger partial charge in [0.05, 0.1) is 16.3 Å². The largest absolute Gasteiger partial charge is 0.478 e. The van der Waals surface area contributed by atoms with Crippen LogP contribution in [0.4, 0.5) is 10.5 Å². The van der Waals surface area contributed by atoms with Crippen molar-refractivity contribution in [2.75, 3.05) is 11.9 Å². The minimum atomic E-state index is -1.06. The van der Waals surface area contributed by atoms with Gasteiger partial charge in [-0.2, -0.15) is 0 Å². The summed E-state index contributed by atoms with van der Waals surface area (Å²) in [5.74, 6) is -0.525. The summed E-state index contributed by atoms with van der Waals surface area (Å²) in [6.07, 6.45) is 6.02. The lowest BCUT2D eigenvalue weighted by molar-refractivity contribution is 0.0697. The fourth-order valence-corrected chi connectivity index (χ4v) is 2.71. The number of carbonyl (C=O) groups excluding carboxylic acids is 1. The molecule has 1 aliphatic carbocycles. The van der Waals surface area contributed by atoms with Gasteiger partial charge in [-0.25, -0.2) is 9.59 Å². The van der Waals surface area contributed by atoms with E-state index < -0.39 is 5.97 Å². The predicted molar refractivity (Wildman–Crippen MR) is 82.0 cm³/mol. The first-order valence-corrected chi connectivity index (χ1v) is 7.52. The first-order chi connectivity index (χ1) is 10.1. The normalized spacial score (nSPS) is 15.5. The van der Waals surface area contributed by atoms with E-state index in [1.807, 2.05) is 0 Å². The third-order valence-corrected chi connectivity index (χ3v) is 4.07. The smallest absolute Gasteiger partial charge is 0.335 e. The Hall–Kier alpha value is -1.75. The average molecular weight is 311 g/mol. The second-order valence-corrected chi connectivity index (χ2v) is 5.75. The summed E-state index contributed by atoms with van der Waals surface area (Å²) < 4.78 is 0. The van der Waals surface area contributed by atoms with Crippen molar-refractivity contribution in [1.82, 2.24) is 5.32 Å². The molecule has 114 valence electrons. The molecule has 0 spiro atoms. The van der Waals surface area contributed by atoms with Gasteiger partial charge >= 0.3 is 12.0 Å². The van der Waals surface area contributed by atoms with E-state index in [0.29, 0.717) is 23.2 Å². The van der Waals surface area contributed by atoms with Crippen molar-refractivity contribution >= 4 is 29.3 Å². The van der Waals surface area contributed by atoms with Gasteiger partial charge in [-0.15, -0.1) is 0 Å². The van der Waals surface area contributed by atoms with Crippen LogP contribution in [0.3, 0.4) is 0 Å². The molecule has 1 aliphatic rings. The van der Waals surface area contributed by atoms with Crippen LogP contribution >= 0.6 is 11.6 Å². The summed E-state index contributed by atoms with van der Waals surface area (Å²) in [5, 5.41) is 14.7. The number of hydrogen-bond acceptors (Lipinski definition) is 2. The van der Waals surface area contributed by atoms with Crippen molar-refractivity contribution in [3.05, 3.63) is 28.8 Å². The molecule has 1 aromatic rings. The molecule has 21 heavy (non-hydrogen) atoms. The molecule has 2 amide bonds. The molecule has 0 aromatic heterocycles. The molecule has 0 unspecified atom stereocenters. The zero-order valence-electron chi connectivity index (χ0n) is 11.7. The molecule has 1 fully saturated rings. The fourth-order valence-electron chi connectivity index (χ4n) is 2.55. The van der Waals surface area contributed by atoms with E-state index in [0.717, 1.165) is 12.8 Å². The van der Waals surface area contributed by atoms with E-state index in [1.54, 1.807) is 0 Å². The van der Waals surface area contributed by atoms with Gasteiger partial charge in [-0.3, -0.25) is 0 Å². The van der Waals surface area contributed by atoms with Gasteiger partial charge in [0.25, 0.3) is 0 Å². The molecular weight excluding hydrogens is 292 g/mol. The fraction of sp³-hybridized carbons (Fsp3) is 0.467. The van der Waals surface area contributed by atoms with E-state index in [4.69, 9.17) is 16.7 Å². The standard InChI is InChI=1S/C15H19ClN2O3/c16-12-7-6-11(14(19)20)8-13(12)18-15(21)17-9-10-4-2-1-3-5-10/h6-8,10H,1-5,9H2,(H,19,20)(H2,17,18,21). The summed E-state index contributed by atoms with van der Waals surface area (Å²) in [6.45, 7) is 0.641. The molecule has 0 heterocycles. The van der Waals surface area contributed by atoms with Crippen molar-refractivity contribution < 1.29 is 14.7 Å².